The zero-order chi connectivity index (χ0) is 9.73. The second-order valence-corrected chi connectivity index (χ2v) is 3.84. The van der Waals surface area contributed by atoms with Gasteiger partial charge in [0.25, 0.3) is 0 Å². The maximum absolute atomic E-state index is 5.54. The number of hydrogen-bond acceptors (Lipinski definition) is 2. The Balaban J connectivity index is 2.43. The van der Waals surface area contributed by atoms with E-state index in [1.54, 1.807) is 7.11 Å². The third-order valence-electron chi connectivity index (χ3n) is 2.68. The van der Waals surface area contributed by atoms with Gasteiger partial charge in [0.1, 0.15) is 5.60 Å². The van der Waals surface area contributed by atoms with Gasteiger partial charge in [0.05, 0.1) is 13.2 Å². The number of methoxy groups -OCH3 is 1. The number of ether oxygens (including phenoxy) is 2. The second-order valence-electron chi connectivity index (χ2n) is 3.84. The van der Waals surface area contributed by atoms with Crippen LogP contribution < -0.4 is 0 Å². The van der Waals surface area contributed by atoms with E-state index < -0.39 is 0 Å². The molecule has 13 heavy (non-hydrogen) atoms. The molecule has 76 valence electrons. The molecule has 1 fully saturated rings. The van der Waals surface area contributed by atoms with Crippen LogP contribution in [0.5, 0.6) is 0 Å². The molecule has 0 saturated carbocycles. The number of allylic oxidation sites excluding steroid dienone is 1. The van der Waals surface area contributed by atoms with Gasteiger partial charge in [-0.05, 0) is 5.92 Å². The molecular formula is C11H20O2. The second kappa shape index (κ2) is 4.77. The molecule has 1 heterocycles. The van der Waals surface area contributed by atoms with Crippen molar-refractivity contribution in [3.8, 4) is 0 Å². The molecule has 2 heteroatoms. The van der Waals surface area contributed by atoms with Gasteiger partial charge in [-0.2, -0.15) is 0 Å². The molecule has 0 spiro atoms. The zero-order valence-corrected chi connectivity index (χ0v) is 8.88. The van der Waals surface area contributed by atoms with Crippen LogP contribution in [0.25, 0.3) is 0 Å². The first kappa shape index (κ1) is 10.7. The summed E-state index contributed by atoms with van der Waals surface area (Å²) in [4.78, 5) is 0. The molecule has 2 nitrogen and oxygen atoms in total. The smallest absolute Gasteiger partial charge is 0.112 e. The van der Waals surface area contributed by atoms with E-state index in [0.29, 0.717) is 12.5 Å². The fourth-order valence-electron chi connectivity index (χ4n) is 1.38. The molecule has 0 aliphatic carbocycles. The van der Waals surface area contributed by atoms with Crippen LogP contribution in [0.4, 0.5) is 0 Å². The van der Waals surface area contributed by atoms with Gasteiger partial charge in [-0.3, -0.25) is 0 Å². The molecule has 0 N–H and O–H groups in total. The van der Waals surface area contributed by atoms with Crippen LogP contribution in [0.1, 0.15) is 26.7 Å². The molecule has 0 aromatic heterocycles. The lowest BCUT2D eigenvalue weighted by Crippen LogP contribution is -2.45. The number of hydrogen-bond donors (Lipinski definition) is 0. The van der Waals surface area contributed by atoms with Gasteiger partial charge in [0.2, 0.25) is 0 Å². The van der Waals surface area contributed by atoms with Crippen LogP contribution in [-0.2, 0) is 9.47 Å². The van der Waals surface area contributed by atoms with Crippen molar-refractivity contribution in [2.24, 2.45) is 5.92 Å². The minimum absolute atomic E-state index is 0.0990. The Morgan fingerprint density at radius 2 is 2.31 bits per heavy atom. The summed E-state index contributed by atoms with van der Waals surface area (Å²) in [7, 11) is 1.72. The zero-order valence-electron chi connectivity index (χ0n) is 8.88. The van der Waals surface area contributed by atoms with Crippen LogP contribution in [0, 0.1) is 5.92 Å². The Labute approximate surface area is 80.9 Å². The van der Waals surface area contributed by atoms with Crippen LogP contribution in [0.2, 0.25) is 0 Å². The lowest BCUT2D eigenvalue weighted by molar-refractivity contribution is -0.143. The van der Waals surface area contributed by atoms with Crippen molar-refractivity contribution in [1.29, 1.82) is 0 Å². The molecular weight excluding hydrogens is 164 g/mol. The van der Waals surface area contributed by atoms with E-state index in [2.05, 4.69) is 26.0 Å². The van der Waals surface area contributed by atoms with Crippen molar-refractivity contribution in [3.05, 3.63) is 12.2 Å². The summed E-state index contributed by atoms with van der Waals surface area (Å²) in [6.45, 7) is 5.96. The van der Waals surface area contributed by atoms with Crippen molar-refractivity contribution >= 4 is 0 Å². The van der Waals surface area contributed by atoms with E-state index in [0.717, 1.165) is 13.0 Å². The largest absolute Gasteiger partial charge is 0.381 e. The molecule has 0 bridgehead atoms. The maximum atomic E-state index is 5.54. The lowest BCUT2D eigenvalue weighted by atomic mass is 9.93. The topological polar surface area (TPSA) is 18.5 Å². The predicted octanol–water partition coefficient (Wildman–Crippen LogP) is 2.39. The Hall–Kier alpha value is -0.340. The van der Waals surface area contributed by atoms with Crippen molar-refractivity contribution in [3.63, 3.8) is 0 Å². The molecule has 1 aliphatic heterocycles. The SMILES string of the molecule is CCC(C)C=CC1(COC)CCO1. The first-order valence-corrected chi connectivity index (χ1v) is 5.04. The first-order valence-electron chi connectivity index (χ1n) is 5.04. The van der Waals surface area contributed by atoms with Gasteiger partial charge in [-0.25, -0.2) is 0 Å². The Bertz CT molecular complexity index is 171. The highest BCUT2D eigenvalue weighted by Gasteiger charge is 2.35. The predicted molar refractivity (Wildman–Crippen MR) is 53.8 cm³/mol. The van der Waals surface area contributed by atoms with E-state index in [1.165, 1.54) is 6.42 Å². The summed E-state index contributed by atoms with van der Waals surface area (Å²) >= 11 is 0. The van der Waals surface area contributed by atoms with Gasteiger partial charge in [0, 0.05) is 13.5 Å². The van der Waals surface area contributed by atoms with Crippen LogP contribution in [-0.4, -0.2) is 25.9 Å². The summed E-state index contributed by atoms with van der Waals surface area (Å²) in [5.74, 6) is 0.637. The molecule has 2 atom stereocenters. The van der Waals surface area contributed by atoms with E-state index in [-0.39, 0.29) is 5.60 Å². The van der Waals surface area contributed by atoms with Crippen LogP contribution >= 0.6 is 0 Å². The average Bonchev–Trinajstić information content (AvgIpc) is 2.09. The van der Waals surface area contributed by atoms with Crippen LogP contribution in [0.15, 0.2) is 12.2 Å². The van der Waals surface area contributed by atoms with E-state index in [1.807, 2.05) is 0 Å². The van der Waals surface area contributed by atoms with Gasteiger partial charge < -0.3 is 9.47 Å². The van der Waals surface area contributed by atoms with Crippen molar-refractivity contribution in [1.82, 2.24) is 0 Å². The van der Waals surface area contributed by atoms with E-state index in [4.69, 9.17) is 9.47 Å². The van der Waals surface area contributed by atoms with Gasteiger partial charge in [-0.1, -0.05) is 32.4 Å². The summed E-state index contributed by atoms with van der Waals surface area (Å²) < 4.78 is 10.7. The quantitative estimate of drug-likeness (QED) is 0.611. The monoisotopic (exact) mass is 184 g/mol. The van der Waals surface area contributed by atoms with Crippen molar-refractivity contribution in [2.75, 3.05) is 20.3 Å². The summed E-state index contributed by atoms with van der Waals surface area (Å²) in [6.07, 6.45) is 6.68. The number of rotatable bonds is 5. The minimum Gasteiger partial charge on any atom is -0.381 e. The van der Waals surface area contributed by atoms with Gasteiger partial charge in [-0.15, -0.1) is 0 Å². The fraction of sp³-hybridized carbons (Fsp3) is 0.818. The Morgan fingerprint density at radius 3 is 2.69 bits per heavy atom. The standard InChI is InChI=1S/C11H20O2/c1-4-10(2)5-6-11(9-12-3)7-8-13-11/h5-6,10H,4,7-9H2,1-3H3. The highest BCUT2D eigenvalue weighted by Crippen LogP contribution is 2.28. The highest BCUT2D eigenvalue weighted by atomic mass is 16.6. The maximum Gasteiger partial charge on any atom is 0.112 e. The molecule has 1 saturated heterocycles. The third kappa shape index (κ3) is 2.82. The van der Waals surface area contributed by atoms with Gasteiger partial charge >= 0.3 is 0 Å². The molecule has 2 unspecified atom stereocenters. The molecule has 0 amide bonds. The third-order valence-corrected chi connectivity index (χ3v) is 2.68. The molecule has 1 rings (SSSR count). The molecule has 0 aromatic carbocycles. The van der Waals surface area contributed by atoms with E-state index in [9.17, 15) is 0 Å². The molecule has 0 radical (unpaired) electrons. The van der Waals surface area contributed by atoms with Gasteiger partial charge in [0.15, 0.2) is 0 Å². The van der Waals surface area contributed by atoms with Crippen molar-refractivity contribution < 1.29 is 9.47 Å². The average molecular weight is 184 g/mol. The normalized spacial score (nSPS) is 30.4. The first-order chi connectivity index (χ1) is 6.22. The van der Waals surface area contributed by atoms with E-state index >= 15 is 0 Å². The Morgan fingerprint density at radius 1 is 1.62 bits per heavy atom. The fourth-order valence-corrected chi connectivity index (χ4v) is 1.38. The summed E-state index contributed by atoms with van der Waals surface area (Å²) in [5, 5.41) is 0. The summed E-state index contributed by atoms with van der Waals surface area (Å²) in [5.41, 5.74) is -0.0990. The molecule has 1 aliphatic rings. The Kier molecular flexibility index (Phi) is 3.94. The highest BCUT2D eigenvalue weighted by molar-refractivity contribution is 5.07. The summed E-state index contributed by atoms with van der Waals surface area (Å²) in [6, 6.07) is 0. The van der Waals surface area contributed by atoms with Crippen LogP contribution in [0.3, 0.4) is 0 Å². The minimum atomic E-state index is -0.0990. The van der Waals surface area contributed by atoms with Crippen molar-refractivity contribution in [2.45, 2.75) is 32.3 Å². The molecule has 0 aromatic rings. The lowest BCUT2D eigenvalue weighted by Gasteiger charge is -2.39.